The zero-order chi connectivity index (χ0) is 17.0. The lowest BCUT2D eigenvalue weighted by molar-refractivity contribution is -0.120. The first kappa shape index (κ1) is 17.4. The van der Waals surface area contributed by atoms with E-state index in [1.54, 1.807) is 12.1 Å². The lowest BCUT2D eigenvalue weighted by Gasteiger charge is -2.14. The molecule has 0 unspecified atom stereocenters. The normalized spacial score (nSPS) is 18.7. The quantitative estimate of drug-likeness (QED) is 0.776. The summed E-state index contributed by atoms with van der Waals surface area (Å²) in [6.45, 7) is 1.33. The molecular formula is C15H20N2O5S. The van der Waals surface area contributed by atoms with E-state index in [9.17, 15) is 18.0 Å². The summed E-state index contributed by atoms with van der Waals surface area (Å²) in [4.78, 5) is 22.8. The smallest absolute Gasteiger partial charge is 0.335 e. The standard InChI is InChI=1S/C15H20N2O5S/c1-23(21,22)17-6-5-12(10-17)9-16-14(18)8-11-3-2-4-13(7-11)15(19)20/h2-4,7,12H,5-6,8-10H2,1H3,(H,16,18)(H,19,20)/t12-/m0/s1. The van der Waals surface area contributed by atoms with Gasteiger partial charge in [0.15, 0.2) is 0 Å². The first-order valence-corrected chi connectivity index (χ1v) is 9.14. The molecule has 1 saturated heterocycles. The number of carbonyl (C=O) groups excluding carboxylic acids is 1. The monoisotopic (exact) mass is 340 g/mol. The first-order chi connectivity index (χ1) is 10.8. The highest BCUT2D eigenvalue weighted by molar-refractivity contribution is 7.88. The highest BCUT2D eigenvalue weighted by Crippen LogP contribution is 2.18. The predicted molar refractivity (Wildman–Crippen MR) is 84.6 cm³/mol. The molecule has 0 bridgehead atoms. The molecule has 8 heteroatoms. The summed E-state index contributed by atoms with van der Waals surface area (Å²) in [5.74, 6) is -1.12. The number of carboxylic acid groups (broad SMARTS) is 1. The highest BCUT2D eigenvalue weighted by Gasteiger charge is 2.28. The van der Waals surface area contributed by atoms with Gasteiger partial charge in [-0.3, -0.25) is 4.79 Å². The fraction of sp³-hybridized carbons (Fsp3) is 0.467. The third-order valence-corrected chi connectivity index (χ3v) is 5.11. The van der Waals surface area contributed by atoms with E-state index in [0.717, 1.165) is 6.42 Å². The van der Waals surface area contributed by atoms with Crippen molar-refractivity contribution in [2.24, 2.45) is 5.92 Å². The summed E-state index contributed by atoms with van der Waals surface area (Å²) in [6.07, 6.45) is 2.01. The van der Waals surface area contributed by atoms with Crippen LogP contribution in [-0.4, -0.2) is 55.6 Å². The number of nitrogens with zero attached hydrogens (tertiary/aromatic N) is 1. The molecule has 1 aromatic carbocycles. The Bertz CT molecular complexity index is 702. The Morgan fingerprint density at radius 3 is 2.74 bits per heavy atom. The molecule has 0 aromatic heterocycles. The largest absolute Gasteiger partial charge is 0.478 e. The van der Waals surface area contributed by atoms with E-state index in [2.05, 4.69) is 5.32 Å². The second kappa shape index (κ2) is 7.10. The topological polar surface area (TPSA) is 104 Å². The van der Waals surface area contributed by atoms with E-state index >= 15 is 0 Å². The SMILES string of the molecule is CS(=O)(=O)N1CC[C@@H](CNC(=O)Cc2cccc(C(=O)O)c2)C1. The number of benzene rings is 1. The van der Waals surface area contributed by atoms with Crippen molar-refractivity contribution in [2.45, 2.75) is 12.8 Å². The van der Waals surface area contributed by atoms with Gasteiger partial charge in [0.05, 0.1) is 18.2 Å². The number of amides is 1. The zero-order valence-electron chi connectivity index (χ0n) is 12.9. The van der Waals surface area contributed by atoms with Crippen LogP contribution < -0.4 is 5.32 Å². The zero-order valence-corrected chi connectivity index (χ0v) is 13.7. The van der Waals surface area contributed by atoms with E-state index < -0.39 is 16.0 Å². The van der Waals surface area contributed by atoms with Crippen LogP contribution in [0.4, 0.5) is 0 Å². The molecule has 2 rings (SSSR count). The summed E-state index contributed by atoms with van der Waals surface area (Å²) < 4.78 is 24.3. The minimum Gasteiger partial charge on any atom is -0.478 e. The number of carbonyl (C=O) groups is 2. The summed E-state index contributed by atoms with van der Waals surface area (Å²) in [6, 6.07) is 6.25. The number of aromatic carboxylic acids is 1. The molecule has 23 heavy (non-hydrogen) atoms. The summed E-state index contributed by atoms with van der Waals surface area (Å²) >= 11 is 0. The molecule has 1 aliphatic rings. The van der Waals surface area contributed by atoms with Crippen LogP contribution in [0.2, 0.25) is 0 Å². The Labute approximate surface area is 135 Å². The van der Waals surface area contributed by atoms with Gasteiger partial charge in [-0.15, -0.1) is 0 Å². The van der Waals surface area contributed by atoms with E-state index in [1.165, 1.54) is 22.7 Å². The molecule has 0 aliphatic carbocycles. The minimum atomic E-state index is -3.17. The average Bonchev–Trinajstić information content (AvgIpc) is 2.94. The van der Waals surface area contributed by atoms with Crippen LogP contribution in [0.15, 0.2) is 24.3 Å². The molecule has 0 saturated carbocycles. The van der Waals surface area contributed by atoms with Crippen molar-refractivity contribution in [3.05, 3.63) is 35.4 Å². The highest BCUT2D eigenvalue weighted by atomic mass is 32.2. The fourth-order valence-corrected chi connectivity index (χ4v) is 3.50. The van der Waals surface area contributed by atoms with Gasteiger partial charge in [0.2, 0.25) is 15.9 Å². The van der Waals surface area contributed by atoms with Crippen molar-refractivity contribution < 1.29 is 23.1 Å². The Hall–Kier alpha value is -1.93. The number of hydrogen-bond acceptors (Lipinski definition) is 4. The minimum absolute atomic E-state index is 0.101. The van der Waals surface area contributed by atoms with Gasteiger partial charge in [-0.25, -0.2) is 17.5 Å². The van der Waals surface area contributed by atoms with Crippen molar-refractivity contribution in [3.63, 3.8) is 0 Å². The van der Waals surface area contributed by atoms with Gasteiger partial charge in [0.1, 0.15) is 0 Å². The molecule has 1 atom stereocenters. The third-order valence-electron chi connectivity index (χ3n) is 3.84. The van der Waals surface area contributed by atoms with Gasteiger partial charge >= 0.3 is 5.97 Å². The maximum Gasteiger partial charge on any atom is 0.335 e. The lowest BCUT2D eigenvalue weighted by Crippen LogP contribution is -2.33. The Morgan fingerprint density at radius 1 is 1.39 bits per heavy atom. The average molecular weight is 340 g/mol. The fourth-order valence-electron chi connectivity index (χ4n) is 2.59. The van der Waals surface area contributed by atoms with Crippen LogP contribution in [0, 0.1) is 5.92 Å². The number of sulfonamides is 1. The Morgan fingerprint density at radius 2 is 2.13 bits per heavy atom. The molecular weight excluding hydrogens is 320 g/mol. The molecule has 1 heterocycles. The van der Waals surface area contributed by atoms with Crippen LogP contribution in [0.25, 0.3) is 0 Å². The van der Waals surface area contributed by atoms with E-state index in [0.29, 0.717) is 25.2 Å². The van der Waals surface area contributed by atoms with E-state index in [4.69, 9.17) is 5.11 Å². The molecule has 1 fully saturated rings. The number of nitrogens with one attached hydrogen (secondary N) is 1. The summed E-state index contributed by atoms with van der Waals surface area (Å²) in [7, 11) is -3.17. The van der Waals surface area contributed by atoms with Crippen molar-refractivity contribution in [1.29, 1.82) is 0 Å². The van der Waals surface area contributed by atoms with Gasteiger partial charge in [0, 0.05) is 19.6 Å². The van der Waals surface area contributed by atoms with Crippen LogP contribution in [-0.2, 0) is 21.2 Å². The van der Waals surface area contributed by atoms with E-state index in [-0.39, 0.29) is 23.8 Å². The van der Waals surface area contributed by atoms with Gasteiger partial charge in [-0.2, -0.15) is 0 Å². The van der Waals surface area contributed by atoms with E-state index in [1.807, 2.05) is 0 Å². The second-order valence-electron chi connectivity index (χ2n) is 5.76. The molecule has 126 valence electrons. The first-order valence-electron chi connectivity index (χ1n) is 7.30. The maximum absolute atomic E-state index is 11.9. The molecule has 7 nitrogen and oxygen atoms in total. The Kier molecular flexibility index (Phi) is 5.38. The maximum atomic E-state index is 11.9. The molecule has 2 N–H and O–H groups in total. The molecule has 1 aliphatic heterocycles. The van der Waals surface area contributed by atoms with Crippen LogP contribution in [0.5, 0.6) is 0 Å². The van der Waals surface area contributed by atoms with Gasteiger partial charge in [-0.1, -0.05) is 12.1 Å². The number of hydrogen-bond donors (Lipinski definition) is 2. The number of carboxylic acids is 1. The molecule has 1 amide bonds. The summed E-state index contributed by atoms with van der Waals surface area (Å²) in [5, 5.41) is 11.7. The van der Waals surface area contributed by atoms with Gasteiger partial charge < -0.3 is 10.4 Å². The summed E-state index contributed by atoms with van der Waals surface area (Å²) in [5.41, 5.74) is 0.779. The van der Waals surface area contributed by atoms with Crippen molar-refractivity contribution >= 4 is 21.9 Å². The third kappa shape index (κ3) is 5.04. The molecule has 1 aromatic rings. The lowest BCUT2D eigenvalue weighted by atomic mass is 10.1. The van der Waals surface area contributed by atoms with Crippen molar-refractivity contribution in [1.82, 2.24) is 9.62 Å². The van der Waals surface area contributed by atoms with Gasteiger partial charge in [0.25, 0.3) is 0 Å². The predicted octanol–water partition coefficient (Wildman–Crippen LogP) is 0.325. The van der Waals surface area contributed by atoms with Crippen molar-refractivity contribution in [2.75, 3.05) is 25.9 Å². The van der Waals surface area contributed by atoms with Gasteiger partial charge in [-0.05, 0) is 30.0 Å². The van der Waals surface area contributed by atoms with Crippen LogP contribution >= 0.6 is 0 Å². The molecule has 0 radical (unpaired) electrons. The van der Waals surface area contributed by atoms with Crippen molar-refractivity contribution in [3.8, 4) is 0 Å². The molecule has 0 spiro atoms. The second-order valence-corrected chi connectivity index (χ2v) is 7.74. The van der Waals surface area contributed by atoms with Crippen LogP contribution in [0.3, 0.4) is 0 Å². The van der Waals surface area contributed by atoms with Crippen LogP contribution in [0.1, 0.15) is 22.3 Å². The number of rotatable bonds is 6. The Balaban J connectivity index is 1.82.